The highest BCUT2D eigenvalue weighted by atomic mass is 35.5. The second-order valence-electron chi connectivity index (χ2n) is 6.62. The van der Waals surface area contributed by atoms with E-state index >= 15 is 0 Å². The largest absolute Gasteiger partial charge is 0.397 e. The van der Waals surface area contributed by atoms with E-state index in [1.807, 2.05) is 0 Å². The molecule has 5 N–H and O–H groups in total. The maximum absolute atomic E-state index is 13.4. The Labute approximate surface area is 185 Å². The lowest BCUT2D eigenvalue weighted by molar-refractivity contribution is -0.270. The molecule has 1 heterocycles. The fourth-order valence-electron chi connectivity index (χ4n) is 2.78. The lowest BCUT2D eigenvalue weighted by Gasteiger charge is -2.38. The van der Waals surface area contributed by atoms with Crippen LogP contribution in [-0.2, 0) is 9.47 Å². The highest BCUT2D eigenvalue weighted by Crippen LogP contribution is 2.33. The number of ether oxygens (including phenoxy) is 2. The molecule has 0 bridgehead atoms. The van der Waals surface area contributed by atoms with Crippen LogP contribution in [0.25, 0.3) is 5.70 Å². The van der Waals surface area contributed by atoms with E-state index in [1.54, 1.807) is 24.3 Å². The van der Waals surface area contributed by atoms with E-state index in [9.17, 15) is 23.4 Å². The minimum atomic E-state index is -1.58. The number of hydrogen-bond donors (Lipinski definition) is 4. The second kappa shape index (κ2) is 10.6. The molecule has 0 aliphatic carbocycles. The molecule has 2 aromatic carbocycles. The fraction of sp³-hybridized carbons (Fsp3) is 0.300. The SMILES string of the molecule is N/C(=C\NCC1OC(O)C(CO)OC1Sc1ccc(Cl)cc1)c1cc(F)c(F)c(F)c1. The summed E-state index contributed by atoms with van der Waals surface area (Å²) in [5.41, 5.74) is 5.12. The molecular weight excluding hydrogens is 457 g/mol. The van der Waals surface area contributed by atoms with E-state index in [0.29, 0.717) is 5.02 Å². The van der Waals surface area contributed by atoms with Gasteiger partial charge in [0, 0.05) is 28.2 Å². The van der Waals surface area contributed by atoms with Gasteiger partial charge in [-0.15, -0.1) is 0 Å². The van der Waals surface area contributed by atoms with Crippen LogP contribution in [0.4, 0.5) is 13.2 Å². The van der Waals surface area contributed by atoms with Crippen molar-refractivity contribution in [2.45, 2.75) is 28.8 Å². The van der Waals surface area contributed by atoms with Crippen molar-refractivity contribution in [3.63, 3.8) is 0 Å². The van der Waals surface area contributed by atoms with Crippen LogP contribution in [0, 0.1) is 17.5 Å². The third kappa shape index (κ3) is 6.06. The van der Waals surface area contributed by atoms with E-state index in [-0.39, 0.29) is 17.8 Å². The molecule has 11 heteroatoms. The Hall–Kier alpha value is -1.95. The van der Waals surface area contributed by atoms with E-state index in [1.165, 1.54) is 18.0 Å². The first kappa shape index (κ1) is 23.7. The van der Waals surface area contributed by atoms with Crippen LogP contribution in [0.1, 0.15) is 5.56 Å². The number of hydrogen-bond acceptors (Lipinski definition) is 7. The van der Waals surface area contributed by atoms with E-state index in [0.717, 1.165) is 17.0 Å². The molecule has 0 saturated carbocycles. The van der Waals surface area contributed by atoms with Crippen LogP contribution in [0.3, 0.4) is 0 Å². The maximum Gasteiger partial charge on any atom is 0.194 e. The first-order valence-electron chi connectivity index (χ1n) is 9.14. The molecule has 0 aromatic heterocycles. The highest BCUT2D eigenvalue weighted by Gasteiger charge is 2.38. The van der Waals surface area contributed by atoms with Gasteiger partial charge in [0.25, 0.3) is 0 Å². The Kier molecular flexibility index (Phi) is 8.09. The van der Waals surface area contributed by atoms with Crippen LogP contribution in [0.15, 0.2) is 47.5 Å². The van der Waals surface area contributed by atoms with Crippen LogP contribution in [0.2, 0.25) is 5.02 Å². The second-order valence-corrected chi connectivity index (χ2v) is 8.23. The van der Waals surface area contributed by atoms with Crippen LogP contribution in [0.5, 0.6) is 0 Å². The molecule has 1 aliphatic rings. The molecule has 4 unspecified atom stereocenters. The molecule has 3 rings (SSSR count). The third-order valence-corrected chi connectivity index (χ3v) is 5.83. The van der Waals surface area contributed by atoms with Crippen molar-refractivity contribution in [2.75, 3.05) is 13.2 Å². The summed E-state index contributed by atoms with van der Waals surface area (Å²) in [5, 5.41) is 22.8. The summed E-state index contributed by atoms with van der Waals surface area (Å²) in [5.74, 6) is -4.28. The normalized spacial score (nSPS) is 24.3. The van der Waals surface area contributed by atoms with Crippen LogP contribution >= 0.6 is 23.4 Å². The topological polar surface area (TPSA) is 97.0 Å². The lowest BCUT2D eigenvalue weighted by atomic mass is 10.1. The number of nitrogens with two attached hydrogens (primary N) is 1. The van der Waals surface area contributed by atoms with Gasteiger partial charge in [0.15, 0.2) is 23.7 Å². The van der Waals surface area contributed by atoms with E-state index in [4.69, 9.17) is 26.8 Å². The predicted octanol–water partition coefficient (Wildman–Crippen LogP) is 2.82. The molecule has 168 valence electrons. The van der Waals surface area contributed by atoms with Gasteiger partial charge in [-0.25, -0.2) is 13.2 Å². The molecule has 0 spiro atoms. The Balaban J connectivity index is 1.69. The first-order valence-corrected chi connectivity index (χ1v) is 10.4. The Bertz CT molecular complexity index is 912. The van der Waals surface area contributed by atoms with Gasteiger partial charge in [-0.1, -0.05) is 23.4 Å². The number of nitrogens with one attached hydrogen (secondary N) is 1. The summed E-state index contributed by atoms with van der Waals surface area (Å²) in [4.78, 5) is 0.823. The first-order chi connectivity index (χ1) is 14.8. The van der Waals surface area contributed by atoms with Gasteiger partial charge in [0.1, 0.15) is 17.6 Å². The van der Waals surface area contributed by atoms with Crippen molar-refractivity contribution in [2.24, 2.45) is 5.73 Å². The molecule has 1 fully saturated rings. The highest BCUT2D eigenvalue weighted by molar-refractivity contribution is 7.99. The van der Waals surface area contributed by atoms with Gasteiger partial charge < -0.3 is 30.7 Å². The summed E-state index contributed by atoms with van der Waals surface area (Å²) in [6, 6.07) is 8.56. The third-order valence-electron chi connectivity index (χ3n) is 4.38. The van der Waals surface area contributed by atoms with Crippen molar-refractivity contribution >= 4 is 29.1 Å². The van der Waals surface area contributed by atoms with Gasteiger partial charge in [-0.2, -0.15) is 0 Å². The van der Waals surface area contributed by atoms with Gasteiger partial charge >= 0.3 is 0 Å². The van der Waals surface area contributed by atoms with Gasteiger partial charge in [-0.05, 0) is 36.4 Å². The average molecular weight is 477 g/mol. The smallest absolute Gasteiger partial charge is 0.194 e. The Morgan fingerprint density at radius 3 is 2.39 bits per heavy atom. The Morgan fingerprint density at radius 2 is 1.77 bits per heavy atom. The standard InChI is InChI=1S/C20H20ClF3N2O4S/c21-11-1-3-12(4-2-11)31-20-16(29-19(28)17(9-27)30-20)8-26-7-15(25)10-5-13(22)18(24)14(23)6-10/h1-7,16-17,19-20,26-28H,8-9,25H2/b15-7-. The summed E-state index contributed by atoms with van der Waals surface area (Å²) >= 11 is 7.20. The monoisotopic (exact) mass is 476 g/mol. The zero-order valence-corrected chi connectivity index (χ0v) is 17.5. The molecule has 6 nitrogen and oxygen atoms in total. The summed E-state index contributed by atoms with van der Waals surface area (Å²) in [6.45, 7) is -0.332. The molecule has 0 amide bonds. The number of benzene rings is 2. The number of aliphatic hydroxyl groups is 2. The van der Waals surface area contributed by atoms with Gasteiger partial charge in [0.2, 0.25) is 0 Å². The Morgan fingerprint density at radius 1 is 1.13 bits per heavy atom. The number of rotatable bonds is 7. The zero-order valence-electron chi connectivity index (χ0n) is 16.0. The molecule has 1 aliphatic heterocycles. The predicted molar refractivity (Wildman–Crippen MR) is 110 cm³/mol. The van der Waals surface area contributed by atoms with Crippen molar-refractivity contribution in [1.29, 1.82) is 0 Å². The van der Waals surface area contributed by atoms with Gasteiger partial charge in [0.05, 0.1) is 12.3 Å². The lowest BCUT2D eigenvalue weighted by Crippen LogP contribution is -2.52. The molecule has 31 heavy (non-hydrogen) atoms. The maximum atomic E-state index is 13.4. The summed E-state index contributed by atoms with van der Waals surface area (Å²) in [6.07, 6.45) is -1.67. The molecule has 0 radical (unpaired) electrons. The van der Waals surface area contributed by atoms with E-state index in [2.05, 4.69) is 5.32 Å². The van der Waals surface area contributed by atoms with Gasteiger partial charge in [-0.3, -0.25) is 0 Å². The minimum absolute atomic E-state index is 0.0368. The van der Waals surface area contributed by atoms with Crippen LogP contribution in [-0.4, -0.2) is 47.3 Å². The minimum Gasteiger partial charge on any atom is -0.397 e. The van der Waals surface area contributed by atoms with Crippen molar-refractivity contribution in [3.05, 3.63) is 70.6 Å². The van der Waals surface area contributed by atoms with Crippen molar-refractivity contribution < 1.29 is 32.9 Å². The summed E-state index contributed by atoms with van der Waals surface area (Å²) < 4.78 is 51.2. The average Bonchev–Trinajstić information content (AvgIpc) is 2.74. The molecular formula is C20H20ClF3N2O4S. The number of thioether (sulfide) groups is 1. The quantitative estimate of drug-likeness (QED) is 0.456. The van der Waals surface area contributed by atoms with Crippen LogP contribution < -0.4 is 11.1 Å². The number of halogens is 4. The molecule has 4 atom stereocenters. The van der Waals surface area contributed by atoms with Crippen molar-refractivity contribution in [3.8, 4) is 0 Å². The zero-order chi connectivity index (χ0) is 22.5. The summed E-state index contributed by atoms with van der Waals surface area (Å²) in [7, 11) is 0. The molecule has 1 saturated heterocycles. The molecule has 2 aromatic rings. The van der Waals surface area contributed by atoms with E-state index < -0.39 is 48.0 Å². The fourth-order valence-corrected chi connectivity index (χ4v) is 3.97. The van der Waals surface area contributed by atoms with Crippen molar-refractivity contribution in [1.82, 2.24) is 5.32 Å². The number of aliphatic hydroxyl groups excluding tert-OH is 2.